The lowest BCUT2D eigenvalue weighted by Gasteiger charge is -2.04. The van der Waals surface area contributed by atoms with Gasteiger partial charge in [0.25, 0.3) is 0 Å². The molecule has 3 aromatic carbocycles. The van der Waals surface area contributed by atoms with Crippen molar-refractivity contribution in [3.63, 3.8) is 0 Å². The third-order valence-corrected chi connectivity index (χ3v) is 4.56. The molecule has 0 spiro atoms. The summed E-state index contributed by atoms with van der Waals surface area (Å²) in [7, 11) is 0. The highest BCUT2D eigenvalue weighted by atomic mass is 79.9. The van der Waals surface area contributed by atoms with E-state index >= 15 is 0 Å². The first-order valence-corrected chi connectivity index (χ1v) is 9.19. The van der Waals surface area contributed by atoms with Crippen molar-refractivity contribution in [3.8, 4) is 0 Å². The molecule has 0 amide bonds. The number of rotatable bonds is 3. The average Bonchev–Trinajstić information content (AvgIpc) is 2.59. The molecule has 0 radical (unpaired) electrons. The highest BCUT2D eigenvalue weighted by Gasteiger charge is 1.98. The first-order chi connectivity index (χ1) is 11.6. The van der Waals surface area contributed by atoms with Crippen LogP contribution in [0.5, 0.6) is 0 Å². The summed E-state index contributed by atoms with van der Waals surface area (Å²) in [6.07, 6.45) is 1.04. The fourth-order valence-electron chi connectivity index (χ4n) is 2.47. The van der Waals surface area contributed by atoms with Crippen LogP contribution in [-0.4, -0.2) is 0 Å². The van der Waals surface area contributed by atoms with E-state index in [0.29, 0.717) is 5.92 Å². The van der Waals surface area contributed by atoms with Gasteiger partial charge in [-0.1, -0.05) is 96.5 Å². The van der Waals surface area contributed by atoms with Crippen molar-refractivity contribution in [1.29, 1.82) is 0 Å². The zero-order valence-electron chi connectivity index (χ0n) is 14.7. The van der Waals surface area contributed by atoms with Crippen molar-refractivity contribution in [2.24, 2.45) is 0 Å². The second kappa shape index (κ2) is 9.44. The topological polar surface area (TPSA) is 0 Å². The highest BCUT2D eigenvalue weighted by molar-refractivity contribution is 9.10. The Kier molecular flexibility index (Phi) is 7.27. The van der Waals surface area contributed by atoms with Crippen molar-refractivity contribution in [1.82, 2.24) is 0 Å². The average molecular weight is 381 g/mol. The van der Waals surface area contributed by atoms with Gasteiger partial charge in [-0.15, -0.1) is 0 Å². The lowest BCUT2D eigenvalue weighted by atomic mass is 10.0. The monoisotopic (exact) mass is 380 g/mol. The van der Waals surface area contributed by atoms with Crippen molar-refractivity contribution in [3.05, 3.63) is 106 Å². The van der Waals surface area contributed by atoms with Crippen LogP contribution in [0.1, 0.15) is 42.0 Å². The zero-order valence-corrected chi connectivity index (χ0v) is 16.3. The van der Waals surface area contributed by atoms with Gasteiger partial charge in [0.05, 0.1) is 0 Å². The Morgan fingerprint density at radius 3 is 1.92 bits per heavy atom. The van der Waals surface area contributed by atoms with Crippen LogP contribution < -0.4 is 0 Å². The maximum absolute atomic E-state index is 3.39. The number of hydrogen-bond donors (Lipinski definition) is 0. The van der Waals surface area contributed by atoms with Crippen molar-refractivity contribution < 1.29 is 0 Å². The molecule has 3 aromatic rings. The van der Waals surface area contributed by atoms with Gasteiger partial charge in [-0.2, -0.15) is 0 Å². The molecule has 3 rings (SSSR count). The van der Waals surface area contributed by atoms with E-state index in [1.165, 1.54) is 22.3 Å². The van der Waals surface area contributed by atoms with E-state index in [4.69, 9.17) is 0 Å². The third-order valence-electron chi connectivity index (χ3n) is 4.04. The molecule has 0 N–H and O–H groups in total. The first kappa shape index (κ1) is 18.5. The molecular formula is C23H25Br. The summed E-state index contributed by atoms with van der Waals surface area (Å²) in [4.78, 5) is 0. The number of benzene rings is 3. The Hall–Kier alpha value is -1.86. The molecule has 0 bridgehead atoms. The molecule has 0 fully saturated rings. The Balaban J connectivity index is 0.000000185. The van der Waals surface area contributed by atoms with Crippen molar-refractivity contribution in [2.45, 2.75) is 33.1 Å². The summed E-state index contributed by atoms with van der Waals surface area (Å²) < 4.78 is 1.15. The zero-order chi connectivity index (χ0) is 17.4. The maximum atomic E-state index is 3.39. The fourth-order valence-corrected chi connectivity index (χ4v) is 2.74. The normalized spacial score (nSPS) is 10.2. The predicted octanol–water partition coefficient (Wildman–Crippen LogP) is 7.16. The summed E-state index contributed by atoms with van der Waals surface area (Å²) in [6.45, 7) is 6.56. The second-order valence-electron chi connectivity index (χ2n) is 6.30. The fraction of sp³-hybridized carbons (Fsp3) is 0.217. The highest BCUT2D eigenvalue weighted by Crippen LogP contribution is 2.17. The molecule has 0 unspecified atom stereocenters. The largest absolute Gasteiger partial charge is 0.0622 e. The van der Waals surface area contributed by atoms with Gasteiger partial charge in [0.2, 0.25) is 0 Å². The molecule has 1 heteroatoms. The van der Waals surface area contributed by atoms with Gasteiger partial charge < -0.3 is 0 Å². The molecule has 124 valence electrons. The van der Waals surface area contributed by atoms with Crippen LogP contribution in [0.4, 0.5) is 0 Å². The van der Waals surface area contributed by atoms with Crippen LogP contribution >= 0.6 is 15.9 Å². The van der Waals surface area contributed by atoms with Crippen LogP contribution in [0.2, 0.25) is 0 Å². The minimum atomic E-state index is 0.632. The molecule has 0 aliphatic heterocycles. The SMILES string of the molecule is CC(C)c1ccc(Br)cc1.Cc1ccccc1Cc1ccccc1. The Morgan fingerprint density at radius 2 is 1.33 bits per heavy atom. The summed E-state index contributed by atoms with van der Waals surface area (Å²) >= 11 is 3.39. The molecule has 0 aliphatic carbocycles. The maximum Gasteiger partial charge on any atom is 0.0175 e. The van der Waals surface area contributed by atoms with Gasteiger partial charge in [0.15, 0.2) is 0 Å². The molecule has 24 heavy (non-hydrogen) atoms. The van der Waals surface area contributed by atoms with E-state index < -0.39 is 0 Å². The summed E-state index contributed by atoms with van der Waals surface area (Å²) in [5.41, 5.74) is 5.56. The van der Waals surface area contributed by atoms with Crippen LogP contribution in [0, 0.1) is 6.92 Å². The number of hydrogen-bond acceptors (Lipinski definition) is 0. The first-order valence-electron chi connectivity index (χ1n) is 8.40. The van der Waals surface area contributed by atoms with Gasteiger partial charge in [0, 0.05) is 4.47 Å². The molecule has 0 heterocycles. The molecule has 0 atom stereocenters. The van der Waals surface area contributed by atoms with Crippen LogP contribution in [0.3, 0.4) is 0 Å². The second-order valence-corrected chi connectivity index (χ2v) is 7.21. The van der Waals surface area contributed by atoms with Crippen LogP contribution in [0.15, 0.2) is 83.3 Å². The summed E-state index contributed by atoms with van der Waals surface area (Å²) in [6, 6.07) is 27.6. The van der Waals surface area contributed by atoms with E-state index in [-0.39, 0.29) is 0 Å². The third kappa shape index (κ3) is 5.98. The summed E-state index contributed by atoms with van der Waals surface area (Å²) in [5.74, 6) is 0.632. The van der Waals surface area contributed by atoms with E-state index in [1.54, 1.807) is 0 Å². The molecular weight excluding hydrogens is 356 g/mol. The lowest BCUT2D eigenvalue weighted by molar-refractivity contribution is 0.866. The van der Waals surface area contributed by atoms with E-state index in [1.807, 2.05) is 0 Å². The van der Waals surface area contributed by atoms with Gasteiger partial charge in [-0.25, -0.2) is 0 Å². The Labute approximate surface area is 154 Å². The van der Waals surface area contributed by atoms with Gasteiger partial charge in [0.1, 0.15) is 0 Å². The van der Waals surface area contributed by atoms with Gasteiger partial charge in [-0.05, 0) is 53.6 Å². The van der Waals surface area contributed by atoms with Crippen molar-refractivity contribution >= 4 is 15.9 Å². The number of halogens is 1. The van der Waals surface area contributed by atoms with E-state index in [0.717, 1.165) is 10.9 Å². The van der Waals surface area contributed by atoms with Gasteiger partial charge in [-0.3, -0.25) is 0 Å². The lowest BCUT2D eigenvalue weighted by Crippen LogP contribution is -1.90. The van der Waals surface area contributed by atoms with E-state index in [2.05, 4.69) is 116 Å². The molecule has 0 aromatic heterocycles. The Morgan fingerprint density at radius 1 is 0.750 bits per heavy atom. The molecule has 0 saturated heterocycles. The van der Waals surface area contributed by atoms with E-state index in [9.17, 15) is 0 Å². The van der Waals surface area contributed by atoms with Crippen molar-refractivity contribution in [2.75, 3.05) is 0 Å². The molecule has 0 nitrogen and oxygen atoms in total. The predicted molar refractivity (Wildman–Crippen MR) is 109 cm³/mol. The molecule has 0 saturated carbocycles. The minimum absolute atomic E-state index is 0.632. The Bertz CT molecular complexity index is 727. The number of aryl methyl sites for hydroxylation is 1. The summed E-state index contributed by atoms with van der Waals surface area (Å²) in [5, 5.41) is 0. The smallest absolute Gasteiger partial charge is 0.0175 e. The van der Waals surface area contributed by atoms with Crippen LogP contribution in [0.25, 0.3) is 0 Å². The van der Waals surface area contributed by atoms with Gasteiger partial charge >= 0.3 is 0 Å². The standard InChI is InChI=1S/C14H14.C9H11Br/c1-12-7-5-6-10-14(12)11-13-8-3-2-4-9-13;1-7(2)8-3-5-9(10)6-4-8/h2-10H,11H2,1H3;3-7H,1-2H3. The quantitative estimate of drug-likeness (QED) is 0.452. The molecule has 0 aliphatic rings. The minimum Gasteiger partial charge on any atom is -0.0622 e. The van der Waals surface area contributed by atoms with Crippen LogP contribution in [-0.2, 0) is 6.42 Å².